The van der Waals surface area contributed by atoms with Crippen LogP contribution in [0.4, 0.5) is 4.39 Å². The van der Waals surface area contributed by atoms with Gasteiger partial charge in [0.2, 0.25) is 5.91 Å². The van der Waals surface area contributed by atoms with Crippen LogP contribution < -0.4 is 5.32 Å². The second-order valence-corrected chi connectivity index (χ2v) is 4.11. The maximum Gasteiger partial charge on any atom is 0.223 e. The minimum Gasteiger partial charge on any atom is -0.343 e. The van der Waals surface area contributed by atoms with E-state index in [-0.39, 0.29) is 17.1 Å². The molecule has 68 valence electrons. The molecule has 1 unspecified atom stereocenters. The molecule has 1 N–H and O–H groups in total. The molecule has 13 heavy (non-hydrogen) atoms. The van der Waals surface area contributed by atoms with Gasteiger partial charge in [0, 0.05) is 4.90 Å². The van der Waals surface area contributed by atoms with Crippen LogP contribution in [0.25, 0.3) is 0 Å². The van der Waals surface area contributed by atoms with Crippen LogP contribution in [0, 0.1) is 5.82 Å². The first-order valence-corrected chi connectivity index (χ1v) is 4.83. The van der Waals surface area contributed by atoms with Crippen molar-refractivity contribution in [2.45, 2.75) is 16.7 Å². The van der Waals surface area contributed by atoms with Crippen LogP contribution in [-0.2, 0) is 4.79 Å². The smallest absolute Gasteiger partial charge is 0.223 e. The Bertz CT molecular complexity index is 334. The van der Waals surface area contributed by atoms with Gasteiger partial charge < -0.3 is 5.32 Å². The van der Waals surface area contributed by atoms with Gasteiger partial charge in [0.25, 0.3) is 0 Å². The molecule has 1 aromatic carbocycles. The van der Waals surface area contributed by atoms with Gasteiger partial charge in [-0.25, -0.2) is 4.39 Å². The number of β-lactam (4-membered cyclic amide) rings is 1. The zero-order chi connectivity index (χ0) is 9.26. The van der Waals surface area contributed by atoms with Gasteiger partial charge in [-0.05, 0) is 18.2 Å². The molecule has 2 rings (SSSR count). The van der Waals surface area contributed by atoms with Crippen molar-refractivity contribution in [1.82, 2.24) is 5.32 Å². The maximum atomic E-state index is 12.7. The summed E-state index contributed by atoms with van der Waals surface area (Å²) in [6.45, 7) is 0. The summed E-state index contributed by atoms with van der Waals surface area (Å²) in [5, 5.41) is 2.83. The molecule has 1 aliphatic heterocycles. The largest absolute Gasteiger partial charge is 0.343 e. The Morgan fingerprint density at radius 2 is 2.31 bits per heavy atom. The summed E-state index contributed by atoms with van der Waals surface area (Å²) < 4.78 is 12.7. The number of amides is 1. The Morgan fingerprint density at radius 3 is 2.92 bits per heavy atom. The van der Waals surface area contributed by atoms with Crippen molar-refractivity contribution in [3.05, 3.63) is 30.1 Å². The number of carbonyl (C=O) groups is 1. The fourth-order valence-electron chi connectivity index (χ4n) is 1.10. The van der Waals surface area contributed by atoms with Gasteiger partial charge in [-0.15, -0.1) is 11.8 Å². The zero-order valence-corrected chi connectivity index (χ0v) is 7.60. The van der Waals surface area contributed by atoms with Crippen molar-refractivity contribution in [1.29, 1.82) is 0 Å². The number of carbonyl (C=O) groups excluding carboxylic acids is 1. The van der Waals surface area contributed by atoms with E-state index in [1.165, 1.54) is 23.9 Å². The maximum absolute atomic E-state index is 12.7. The first-order valence-electron chi connectivity index (χ1n) is 3.95. The van der Waals surface area contributed by atoms with Crippen LogP contribution >= 0.6 is 11.8 Å². The highest BCUT2D eigenvalue weighted by Gasteiger charge is 2.25. The average Bonchev–Trinajstić information content (AvgIpc) is 2.01. The summed E-state index contributed by atoms with van der Waals surface area (Å²) in [5.41, 5.74) is 0. The molecule has 0 radical (unpaired) electrons. The van der Waals surface area contributed by atoms with Crippen molar-refractivity contribution in [2.75, 3.05) is 0 Å². The Hall–Kier alpha value is -1.03. The highest BCUT2D eigenvalue weighted by Crippen LogP contribution is 2.27. The number of hydrogen-bond acceptors (Lipinski definition) is 2. The van der Waals surface area contributed by atoms with E-state index in [1.807, 2.05) is 6.07 Å². The summed E-state index contributed by atoms with van der Waals surface area (Å²) in [4.78, 5) is 11.4. The first kappa shape index (κ1) is 8.56. The predicted molar refractivity (Wildman–Crippen MR) is 48.8 cm³/mol. The lowest BCUT2D eigenvalue weighted by atomic mass is 10.3. The quantitative estimate of drug-likeness (QED) is 0.732. The Labute approximate surface area is 79.5 Å². The lowest BCUT2D eigenvalue weighted by Crippen LogP contribution is -2.46. The van der Waals surface area contributed by atoms with E-state index in [4.69, 9.17) is 0 Å². The van der Waals surface area contributed by atoms with Crippen molar-refractivity contribution < 1.29 is 9.18 Å². The van der Waals surface area contributed by atoms with Crippen LogP contribution in [-0.4, -0.2) is 11.3 Å². The zero-order valence-electron chi connectivity index (χ0n) is 6.79. The second-order valence-electron chi connectivity index (χ2n) is 2.84. The van der Waals surface area contributed by atoms with Crippen molar-refractivity contribution in [2.24, 2.45) is 0 Å². The van der Waals surface area contributed by atoms with Crippen LogP contribution in [0.1, 0.15) is 6.42 Å². The summed E-state index contributed by atoms with van der Waals surface area (Å²) in [7, 11) is 0. The monoisotopic (exact) mass is 197 g/mol. The third-order valence-corrected chi connectivity index (χ3v) is 2.86. The van der Waals surface area contributed by atoms with Crippen molar-refractivity contribution in [3.8, 4) is 0 Å². The fourth-order valence-corrected chi connectivity index (χ4v) is 2.19. The molecule has 4 heteroatoms. The SMILES string of the molecule is O=C1CC(Sc2cccc(F)c2)N1. The van der Waals surface area contributed by atoms with Gasteiger partial charge in [0.1, 0.15) is 5.82 Å². The molecule has 1 amide bonds. The third-order valence-electron chi connectivity index (χ3n) is 1.77. The molecule has 0 bridgehead atoms. The highest BCUT2D eigenvalue weighted by atomic mass is 32.2. The van der Waals surface area contributed by atoms with Gasteiger partial charge in [0.05, 0.1) is 11.8 Å². The molecular weight excluding hydrogens is 189 g/mol. The fraction of sp³-hybridized carbons (Fsp3) is 0.222. The molecule has 2 nitrogen and oxygen atoms in total. The van der Waals surface area contributed by atoms with Crippen LogP contribution in [0.2, 0.25) is 0 Å². The molecule has 1 aromatic rings. The number of halogens is 1. The molecule has 0 aromatic heterocycles. The molecule has 1 atom stereocenters. The predicted octanol–water partition coefficient (Wildman–Crippen LogP) is 1.76. The topological polar surface area (TPSA) is 29.1 Å². The number of nitrogens with one attached hydrogen (secondary N) is 1. The molecule has 1 aliphatic rings. The van der Waals surface area contributed by atoms with Gasteiger partial charge in [-0.1, -0.05) is 6.07 Å². The highest BCUT2D eigenvalue weighted by molar-refractivity contribution is 8.00. The van der Waals surface area contributed by atoms with Gasteiger partial charge in [-0.2, -0.15) is 0 Å². The van der Waals surface area contributed by atoms with Crippen molar-refractivity contribution in [3.63, 3.8) is 0 Å². The normalized spacial score (nSPS) is 20.7. The number of rotatable bonds is 2. The van der Waals surface area contributed by atoms with Gasteiger partial charge in [-0.3, -0.25) is 4.79 Å². The minimum absolute atomic E-state index is 0.0638. The summed E-state index contributed by atoms with van der Waals surface area (Å²) in [6, 6.07) is 6.37. The third kappa shape index (κ3) is 2.01. The van der Waals surface area contributed by atoms with Crippen LogP contribution in [0.5, 0.6) is 0 Å². The molecule has 1 fully saturated rings. The summed E-state index contributed by atoms with van der Waals surface area (Å²) in [5.74, 6) is -0.176. The molecule has 0 spiro atoms. The summed E-state index contributed by atoms with van der Waals surface area (Å²) in [6.07, 6.45) is 0.529. The number of thioether (sulfide) groups is 1. The number of hydrogen-bond donors (Lipinski definition) is 1. The van der Waals surface area contributed by atoms with Gasteiger partial charge >= 0.3 is 0 Å². The van der Waals surface area contributed by atoms with Crippen LogP contribution in [0.15, 0.2) is 29.2 Å². The van der Waals surface area contributed by atoms with Crippen molar-refractivity contribution >= 4 is 17.7 Å². The van der Waals surface area contributed by atoms with E-state index in [9.17, 15) is 9.18 Å². The molecule has 1 heterocycles. The lowest BCUT2D eigenvalue weighted by molar-refractivity contribution is -0.126. The molecule has 0 saturated carbocycles. The van der Waals surface area contributed by atoms with E-state index in [2.05, 4.69) is 5.32 Å². The van der Waals surface area contributed by atoms with E-state index in [1.54, 1.807) is 6.07 Å². The van der Waals surface area contributed by atoms with Crippen LogP contribution in [0.3, 0.4) is 0 Å². The Morgan fingerprint density at radius 1 is 1.54 bits per heavy atom. The lowest BCUT2D eigenvalue weighted by Gasteiger charge is -2.25. The minimum atomic E-state index is -0.240. The van der Waals surface area contributed by atoms with E-state index in [0.717, 1.165) is 4.90 Å². The molecule has 1 saturated heterocycles. The van der Waals surface area contributed by atoms with Gasteiger partial charge in [0.15, 0.2) is 0 Å². The standard InChI is InChI=1S/C9H8FNOS/c10-6-2-1-3-7(4-6)13-9-5-8(12)11-9/h1-4,9H,5H2,(H,11,12). The Kier molecular flexibility index (Phi) is 2.22. The molecular formula is C9H8FNOS. The molecule has 0 aliphatic carbocycles. The second kappa shape index (κ2) is 3.38. The average molecular weight is 197 g/mol. The van der Waals surface area contributed by atoms with E-state index >= 15 is 0 Å². The van der Waals surface area contributed by atoms with E-state index < -0.39 is 0 Å². The number of benzene rings is 1. The Balaban J connectivity index is 1.98. The first-order chi connectivity index (χ1) is 6.24. The summed E-state index contributed by atoms with van der Waals surface area (Å²) >= 11 is 1.48. The van der Waals surface area contributed by atoms with E-state index in [0.29, 0.717) is 6.42 Å².